The van der Waals surface area contributed by atoms with E-state index in [1.165, 1.54) is 6.42 Å². The highest BCUT2D eigenvalue weighted by Gasteiger charge is 2.18. The van der Waals surface area contributed by atoms with Gasteiger partial charge in [-0.3, -0.25) is 14.4 Å². The Hall–Kier alpha value is -3.93. The number of piperidine rings is 1. The Labute approximate surface area is 193 Å². The Morgan fingerprint density at radius 1 is 0.697 bits per heavy atom. The van der Waals surface area contributed by atoms with Crippen molar-refractivity contribution in [3.8, 4) is 0 Å². The maximum atomic E-state index is 12.8. The lowest BCUT2D eigenvalue weighted by molar-refractivity contribution is 0.0724. The van der Waals surface area contributed by atoms with Crippen LogP contribution in [-0.4, -0.2) is 35.7 Å². The Morgan fingerprint density at radius 3 is 2.09 bits per heavy atom. The predicted molar refractivity (Wildman–Crippen MR) is 128 cm³/mol. The molecule has 0 bridgehead atoms. The summed E-state index contributed by atoms with van der Waals surface area (Å²) in [6.45, 7) is 1.95. The molecule has 168 valence electrons. The highest BCUT2D eigenvalue weighted by atomic mass is 16.2. The van der Waals surface area contributed by atoms with E-state index < -0.39 is 0 Å². The highest BCUT2D eigenvalue weighted by molar-refractivity contribution is 6.09. The summed E-state index contributed by atoms with van der Waals surface area (Å²) in [6, 6.07) is 23.1. The molecular weight excluding hydrogens is 414 g/mol. The second-order valence-corrected chi connectivity index (χ2v) is 8.10. The molecule has 0 saturated carbocycles. The number of carbonyl (C=O) groups excluding carboxylic acids is 3. The molecule has 0 unspecified atom stereocenters. The van der Waals surface area contributed by atoms with Gasteiger partial charge >= 0.3 is 0 Å². The normalized spacial score (nSPS) is 13.3. The van der Waals surface area contributed by atoms with Gasteiger partial charge in [-0.15, -0.1) is 0 Å². The number of rotatable bonds is 6. The fourth-order valence-electron chi connectivity index (χ4n) is 3.90. The van der Waals surface area contributed by atoms with Crippen molar-refractivity contribution in [2.45, 2.75) is 25.8 Å². The largest absolute Gasteiger partial charge is 0.348 e. The molecule has 3 aromatic rings. The monoisotopic (exact) mass is 441 g/mol. The summed E-state index contributed by atoms with van der Waals surface area (Å²) in [5, 5.41) is 5.71. The van der Waals surface area contributed by atoms with Crippen molar-refractivity contribution >= 4 is 23.4 Å². The molecule has 33 heavy (non-hydrogen) atoms. The molecular formula is C27H27N3O3. The van der Waals surface area contributed by atoms with Gasteiger partial charge in [0.25, 0.3) is 17.7 Å². The molecule has 0 aliphatic carbocycles. The van der Waals surface area contributed by atoms with Crippen LogP contribution >= 0.6 is 0 Å². The first kappa shape index (κ1) is 22.3. The molecule has 6 nitrogen and oxygen atoms in total. The van der Waals surface area contributed by atoms with E-state index in [-0.39, 0.29) is 17.7 Å². The molecule has 6 heteroatoms. The summed E-state index contributed by atoms with van der Waals surface area (Å²) >= 11 is 0. The van der Waals surface area contributed by atoms with Crippen LogP contribution < -0.4 is 10.6 Å². The Kier molecular flexibility index (Phi) is 7.15. The smallest absolute Gasteiger partial charge is 0.255 e. The molecule has 0 radical (unpaired) electrons. The van der Waals surface area contributed by atoms with Crippen LogP contribution in [0.3, 0.4) is 0 Å². The molecule has 0 atom stereocenters. The average molecular weight is 442 g/mol. The molecule has 3 aromatic carbocycles. The van der Waals surface area contributed by atoms with Crippen LogP contribution in [0.1, 0.15) is 55.9 Å². The van der Waals surface area contributed by atoms with E-state index in [2.05, 4.69) is 10.6 Å². The number of para-hydroxylation sites is 1. The molecule has 1 fully saturated rings. The number of likely N-dealkylation sites (tertiary alicyclic amines) is 1. The zero-order valence-electron chi connectivity index (χ0n) is 18.4. The first-order valence-corrected chi connectivity index (χ1v) is 11.2. The van der Waals surface area contributed by atoms with Gasteiger partial charge in [-0.05, 0) is 61.2 Å². The van der Waals surface area contributed by atoms with Gasteiger partial charge in [0.05, 0.1) is 11.3 Å². The Bertz CT molecular complexity index is 1120. The van der Waals surface area contributed by atoms with Crippen LogP contribution in [-0.2, 0) is 6.54 Å². The highest BCUT2D eigenvalue weighted by Crippen LogP contribution is 2.17. The quantitative estimate of drug-likeness (QED) is 0.591. The van der Waals surface area contributed by atoms with Crippen molar-refractivity contribution < 1.29 is 14.4 Å². The minimum absolute atomic E-state index is 0.0633. The number of hydrogen-bond acceptors (Lipinski definition) is 3. The van der Waals surface area contributed by atoms with E-state index in [9.17, 15) is 14.4 Å². The summed E-state index contributed by atoms with van der Waals surface area (Å²) in [4.78, 5) is 39.8. The van der Waals surface area contributed by atoms with Gasteiger partial charge in [-0.2, -0.15) is 0 Å². The molecule has 2 N–H and O–H groups in total. The zero-order valence-corrected chi connectivity index (χ0v) is 18.4. The molecule has 0 aromatic heterocycles. The average Bonchev–Trinajstić information content (AvgIpc) is 2.88. The van der Waals surface area contributed by atoms with E-state index >= 15 is 0 Å². The maximum Gasteiger partial charge on any atom is 0.255 e. The van der Waals surface area contributed by atoms with E-state index in [0.29, 0.717) is 28.9 Å². The lowest BCUT2D eigenvalue weighted by Gasteiger charge is -2.26. The molecule has 4 rings (SSSR count). The molecule has 1 saturated heterocycles. The van der Waals surface area contributed by atoms with Crippen molar-refractivity contribution in [1.82, 2.24) is 10.2 Å². The number of benzene rings is 3. The van der Waals surface area contributed by atoms with E-state index in [1.54, 1.807) is 48.5 Å². The van der Waals surface area contributed by atoms with Gasteiger partial charge in [0.1, 0.15) is 0 Å². The number of nitrogens with zero attached hydrogens (tertiary/aromatic N) is 1. The van der Waals surface area contributed by atoms with Crippen LogP contribution in [0.4, 0.5) is 5.69 Å². The van der Waals surface area contributed by atoms with Gasteiger partial charge in [0.15, 0.2) is 0 Å². The second kappa shape index (κ2) is 10.6. The van der Waals surface area contributed by atoms with Gasteiger partial charge in [-0.1, -0.05) is 42.5 Å². The first-order chi connectivity index (χ1) is 16.1. The first-order valence-electron chi connectivity index (χ1n) is 11.2. The lowest BCUT2D eigenvalue weighted by Crippen LogP contribution is -2.35. The standard InChI is InChI=1S/C27H27N3O3/c31-25(21-9-3-1-4-10-21)29-24-12-6-5-11-23(24)26(32)28-19-20-13-15-22(16-14-20)27(33)30-17-7-2-8-18-30/h1,3-6,9-16H,2,7-8,17-19H2,(H,28,32)(H,29,31). The number of hydrogen-bond donors (Lipinski definition) is 2. The third kappa shape index (κ3) is 5.66. The SMILES string of the molecule is O=C(Nc1ccccc1C(=O)NCc1ccc(C(=O)N2CCCCC2)cc1)c1ccccc1. The minimum atomic E-state index is -0.285. The molecule has 3 amide bonds. The van der Waals surface area contributed by atoms with Gasteiger partial charge < -0.3 is 15.5 Å². The molecule has 1 aliphatic heterocycles. The fraction of sp³-hybridized carbons (Fsp3) is 0.222. The van der Waals surface area contributed by atoms with Crippen LogP contribution in [0.5, 0.6) is 0 Å². The van der Waals surface area contributed by atoms with Crippen molar-refractivity contribution in [2.24, 2.45) is 0 Å². The second-order valence-electron chi connectivity index (χ2n) is 8.10. The summed E-state index contributed by atoms with van der Waals surface area (Å²) in [7, 11) is 0. The lowest BCUT2D eigenvalue weighted by atomic mass is 10.1. The third-order valence-corrected chi connectivity index (χ3v) is 5.75. The number of nitrogens with one attached hydrogen (secondary N) is 2. The van der Waals surface area contributed by atoms with Gasteiger partial charge in [0.2, 0.25) is 0 Å². The topological polar surface area (TPSA) is 78.5 Å². The third-order valence-electron chi connectivity index (χ3n) is 5.75. The van der Waals surface area contributed by atoms with E-state index in [1.807, 2.05) is 35.2 Å². The molecule has 1 heterocycles. The van der Waals surface area contributed by atoms with Crippen molar-refractivity contribution in [3.63, 3.8) is 0 Å². The van der Waals surface area contributed by atoms with Crippen molar-refractivity contribution in [1.29, 1.82) is 0 Å². The van der Waals surface area contributed by atoms with Crippen LogP contribution in [0, 0.1) is 0 Å². The molecule has 0 spiro atoms. The van der Waals surface area contributed by atoms with Crippen LogP contribution in [0.15, 0.2) is 78.9 Å². The number of amides is 3. The number of carbonyl (C=O) groups is 3. The summed E-state index contributed by atoms with van der Waals surface area (Å²) < 4.78 is 0. The van der Waals surface area contributed by atoms with Crippen LogP contribution in [0.25, 0.3) is 0 Å². The van der Waals surface area contributed by atoms with Crippen molar-refractivity contribution in [2.75, 3.05) is 18.4 Å². The maximum absolute atomic E-state index is 12.8. The fourth-order valence-corrected chi connectivity index (χ4v) is 3.90. The van der Waals surface area contributed by atoms with Crippen molar-refractivity contribution in [3.05, 3.63) is 101 Å². The molecule has 1 aliphatic rings. The van der Waals surface area contributed by atoms with E-state index in [0.717, 1.165) is 31.5 Å². The van der Waals surface area contributed by atoms with Gasteiger partial charge in [0, 0.05) is 30.8 Å². The summed E-state index contributed by atoms with van der Waals surface area (Å²) in [5.41, 5.74) is 2.92. The van der Waals surface area contributed by atoms with E-state index in [4.69, 9.17) is 0 Å². The zero-order chi connectivity index (χ0) is 23.0. The summed E-state index contributed by atoms with van der Waals surface area (Å²) in [5.74, 6) is -0.495. The van der Waals surface area contributed by atoms with Crippen LogP contribution in [0.2, 0.25) is 0 Å². The predicted octanol–water partition coefficient (Wildman–Crippen LogP) is 4.50. The van der Waals surface area contributed by atoms with Gasteiger partial charge in [-0.25, -0.2) is 0 Å². The Morgan fingerprint density at radius 2 is 1.36 bits per heavy atom. The Balaban J connectivity index is 1.37. The number of anilines is 1. The minimum Gasteiger partial charge on any atom is -0.348 e. The summed E-state index contributed by atoms with van der Waals surface area (Å²) in [6.07, 6.45) is 3.30.